The van der Waals surface area contributed by atoms with Crippen molar-refractivity contribution < 1.29 is 13.5 Å². The van der Waals surface area contributed by atoms with Gasteiger partial charge in [0, 0.05) is 23.8 Å². The van der Waals surface area contributed by atoms with Crippen LogP contribution in [0.5, 0.6) is 0 Å². The fraction of sp³-hybridized carbons (Fsp3) is 0.750. The molecule has 7 nitrogen and oxygen atoms in total. The molecule has 3 N–H and O–H groups in total. The summed E-state index contributed by atoms with van der Waals surface area (Å²) in [5.41, 5.74) is 0.879. The van der Waals surface area contributed by atoms with E-state index in [-0.39, 0.29) is 11.6 Å². The molecule has 0 bridgehead atoms. The molecule has 0 spiro atoms. The molecule has 0 aliphatic heterocycles. The molecule has 0 saturated heterocycles. The van der Waals surface area contributed by atoms with Crippen LogP contribution in [-0.4, -0.2) is 54.8 Å². The number of aliphatic hydroxyl groups is 1. The Morgan fingerprint density at radius 2 is 2.10 bits per heavy atom. The van der Waals surface area contributed by atoms with Crippen molar-refractivity contribution in [2.45, 2.75) is 44.9 Å². The molecule has 1 rings (SSSR count). The van der Waals surface area contributed by atoms with Crippen molar-refractivity contribution in [1.29, 1.82) is 0 Å². The molecule has 8 heteroatoms. The van der Waals surface area contributed by atoms with Gasteiger partial charge in [-0.3, -0.25) is 5.10 Å². The van der Waals surface area contributed by atoms with Gasteiger partial charge in [-0.2, -0.15) is 5.10 Å². The van der Waals surface area contributed by atoms with Crippen LogP contribution in [0, 0.1) is 6.92 Å². The minimum absolute atomic E-state index is 0.116. The number of aromatic nitrogens is 2. The summed E-state index contributed by atoms with van der Waals surface area (Å²) in [4.78, 5) is 2.14. The highest BCUT2D eigenvalue weighted by atomic mass is 32.2. The second-order valence-electron chi connectivity index (χ2n) is 5.12. The molecule has 1 aromatic rings. The molecule has 116 valence electrons. The van der Waals surface area contributed by atoms with Gasteiger partial charge in [-0.25, -0.2) is 13.1 Å². The summed E-state index contributed by atoms with van der Waals surface area (Å²) in [6.45, 7) is 6.65. The van der Waals surface area contributed by atoms with E-state index < -0.39 is 10.0 Å². The number of H-pyrrole nitrogens is 1. The Morgan fingerprint density at radius 1 is 1.45 bits per heavy atom. The first-order valence-corrected chi connectivity index (χ1v) is 8.12. The first-order valence-electron chi connectivity index (χ1n) is 6.64. The molecule has 0 aromatic carbocycles. The van der Waals surface area contributed by atoms with Gasteiger partial charge in [0.1, 0.15) is 0 Å². The Labute approximate surface area is 120 Å². The topological polar surface area (TPSA) is 98.3 Å². The maximum atomic E-state index is 12.1. The lowest BCUT2D eigenvalue weighted by molar-refractivity contribution is 0.271. The zero-order valence-electron chi connectivity index (χ0n) is 12.5. The molecule has 0 aliphatic carbocycles. The SMILES string of the molecule is Cc1[nH]nc(S(=O)(=O)NCCCN(C)C(C)C)c1CO. The van der Waals surface area contributed by atoms with E-state index in [0.29, 0.717) is 30.3 Å². The number of aliphatic hydroxyl groups excluding tert-OH is 1. The lowest BCUT2D eigenvalue weighted by Gasteiger charge is -2.20. The third-order valence-electron chi connectivity index (χ3n) is 3.31. The average molecular weight is 304 g/mol. The molecule has 0 amide bonds. The van der Waals surface area contributed by atoms with Gasteiger partial charge in [-0.05, 0) is 40.8 Å². The maximum Gasteiger partial charge on any atom is 0.260 e. The monoisotopic (exact) mass is 304 g/mol. The van der Waals surface area contributed by atoms with Crippen molar-refractivity contribution in [3.8, 4) is 0 Å². The minimum Gasteiger partial charge on any atom is -0.392 e. The largest absolute Gasteiger partial charge is 0.392 e. The number of sulfonamides is 1. The van der Waals surface area contributed by atoms with E-state index in [0.717, 1.165) is 6.54 Å². The van der Waals surface area contributed by atoms with Crippen molar-refractivity contribution in [2.24, 2.45) is 0 Å². The fourth-order valence-corrected chi connectivity index (χ4v) is 2.96. The van der Waals surface area contributed by atoms with Crippen LogP contribution in [0.15, 0.2) is 5.03 Å². The van der Waals surface area contributed by atoms with Crippen LogP contribution in [0.3, 0.4) is 0 Å². The van der Waals surface area contributed by atoms with Crippen LogP contribution in [-0.2, 0) is 16.6 Å². The molecular formula is C12H24N4O3S. The van der Waals surface area contributed by atoms with Gasteiger partial charge in [0.05, 0.1) is 6.61 Å². The number of hydrogen-bond acceptors (Lipinski definition) is 5. The minimum atomic E-state index is -3.67. The fourth-order valence-electron chi connectivity index (χ4n) is 1.70. The Kier molecular flexibility index (Phi) is 6.12. The van der Waals surface area contributed by atoms with E-state index >= 15 is 0 Å². The lowest BCUT2D eigenvalue weighted by Crippen LogP contribution is -2.31. The summed E-state index contributed by atoms with van der Waals surface area (Å²) < 4.78 is 26.7. The summed E-state index contributed by atoms with van der Waals surface area (Å²) in [6, 6.07) is 0.432. The van der Waals surface area contributed by atoms with Crippen molar-refractivity contribution in [3.63, 3.8) is 0 Å². The van der Waals surface area contributed by atoms with Crippen molar-refractivity contribution in [1.82, 2.24) is 19.8 Å². The predicted octanol–water partition coefficient (Wildman–Crippen LogP) is 0.219. The van der Waals surface area contributed by atoms with Crippen LogP contribution in [0.4, 0.5) is 0 Å². The lowest BCUT2D eigenvalue weighted by atomic mass is 10.3. The molecule has 0 fully saturated rings. The number of aromatic amines is 1. The third kappa shape index (κ3) is 4.27. The zero-order chi connectivity index (χ0) is 15.3. The van der Waals surface area contributed by atoms with Gasteiger partial charge >= 0.3 is 0 Å². The second kappa shape index (κ2) is 7.16. The highest BCUT2D eigenvalue weighted by Gasteiger charge is 2.22. The normalized spacial score (nSPS) is 12.6. The Balaban J connectivity index is 2.58. The number of rotatable bonds is 8. The van der Waals surface area contributed by atoms with Gasteiger partial charge in [0.25, 0.3) is 10.0 Å². The molecule has 0 radical (unpaired) electrons. The summed E-state index contributed by atoms with van der Waals surface area (Å²) in [7, 11) is -1.67. The predicted molar refractivity (Wildman–Crippen MR) is 76.8 cm³/mol. The third-order valence-corrected chi connectivity index (χ3v) is 4.74. The summed E-state index contributed by atoms with van der Waals surface area (Å²) >= 11 is 0. The molecule has 1 aromatic heterocycles. The van der Waals surface area contributed by atoms with Crippen LogP contribution < -0.4 is 4.72 Å². The number of nitrogens with one attached hydrogen (secondary N) is 2. The standard InChI is InChI=1S/C12H24N4O3S/c1-9(2)16(4)7-5-6-13-20(18,19)12-11(8-17)10(3)14-15-12/h9,13,17H,5-8H2,1-4H3,(H,14,15). The molecular weight excluding hydrogens is 280 g/mol. The van der Waals surface area contributed by atoms with Gasteiger partial charge < -0.3 is 10.0 Å². The summed E-state index contributed by atoms with van der Waals surface area (Å²) in [5.74, 6) is 0. The first-order chi connectivity index (χ1) is 9.29. The van der Waals surface area contributed by atoms with Crippen LogP contribution in [0.2, 0.25) is 0 Å². The van der Waals surface area contributed by atoms with Crippen LogP contribution >= 0.6 is 0 Å². The van der Waals surface area contributed by atoms with E-state index in [2.05, 4.69) is 33.7 Å². The summed E-state index contributed by atoms with van der Waals surface area (Å²) in [5, 5.41) is 15.4. The molecule has 20 heavy (non-hydrogen) atoms. The van der Waals surface area contributed by atoms with E-state index in [1.165, 1.54) is 0 Å². The van der Waals surface area contributed by atoms with Crippen LogP contribution in [0.25, 0.3) is 0 Å². The zero-order valence-corrected chi connectivity index (χ0v) is 13.3. The number of nitrogens with zero attached hydrogens (tertiary/aromatic N) is 2. The molecule has 0 unspecified atom stereocenters. The molecule has 0 aliphatic rings. The number of hydrogen-bond donors (Lipinski definition) is 3. The second-order valence-corrected chi connectivity index (χ2v) is 6.80. The van der Waals surface area contributed by atoms with E-state index in [1.807, 2.05) is 7.05 Å². The van der Waals surface area contributed by atoms with Gasteiger partial charge in [0.2, 0.25) is 0 Å². The van der Waals surface area contributed by atoms with Crippen LogP contribution in [0.1, 0.15) is 31.5 Å². The van der Waals surface area contributed by atoms with E-state index in [1.54, 1.807) is 6.92 Å². The quantitative estimate of drug-likeness (QED) is 0.597. The molecule has 1 heterocycles. The highest BCUT2D eigenvalue weighted by molar-refractivity contribution is 7.89. The maximum absolute atomic E-state index is 12.1. The Morgan fingerprint density at radius 3 is 2.65 bits per heavy atom. The van der Waals surface area contributed by atoms with Crippen molar-refractivity contribution >= 4 is 10.0 Å². The van der Waals surface area contributed by atoms with Gasteiger partial charge in [-0.1, -0.05) is 0 Å². The first kappa shape index (κ1) is 17.1. The Hall–Kier alpha value is -0.960. The van der Waals surface area contributed by atoms with Gasteiger partial charge in [0.15, 0.2) is 5.03 Å². The van der Waals surface area contributed by atoms with Crippen molar-refractivity contribution in [3.05, 3.63) is 11.3 Å². The summed E-state index contributed by atoms with van der Waals surface area (Å²) in [6.07, 6.45) is 0.714. The molecule has 0 atom stereocenters. The smallest absolute Gasteiger partial charge is 0.260 e. The van der Waals surface area contributed by atoms with Crippen molar-refractivity contribution in [2.75, 3.05) is 20.1 Å². The highest BCUT2D eigenvalue weighted by Crippen LogP contribution is 2.15. The van der Waals surface area contributed by atoms with E-state index in [9.17, 15) is 13.5 Å². The Bertz CT molecular complexity index is 525. The average Bonchev–Trinajstić information content (AvgIpc) is 2.76. The molecule has 0 saturated carbocycles. The van der Waals surface area contributed by atoms with E-state index in [4.69, 9.17) is 0 Å². The number of aryl methyl sites for hydroxylation is 1. The van der Waals surface area contributed by atoms with Gasteiger partial charge in [-0.15, -0.1) is 0 Å².